The maximum atomic E-state index is 5.67. The molecule has 0 saturated carbocycles. The summed E-state index contributed by atoms with van der Waals surface area (Å²) in [6, 6.07) is 8.10. The summed E-state index contributed by atoms with van der Waals surface area (Å²) >= 11 is 1.91. The lowest BCUT2D eigenvalue weighted by atomic mass is 10.2. The van der Waals surface area contributed by atoms with E-state index in [-0.39, 0.29) is 0 Å². The monoisotopic (exact) mass is 221 g/mol. The van der Waals surface area contributed by atoms with Gasteiger partial charge in [-0.25, -0.2) is 0 Å². The SMILES string of the molecule is NCc1ccccc1NC1=NCCSC1. The summed E-state index contributed by atoms with van der Waals surface area (Å²) in [5.41, 5.74) is 7.89. The minimum absolute atomic E-state index is 0.559. The Morgan fingerprint density at radius 1 is 1.40 bits per heavy atom. The van der Waals surface area contributed by atoms with Crippen molar-refractivity contribution in [3.63, 3.8) is 0 Å². The van der Waals surface area contributed by atoms with Gasteiger partial charge in [-0.3, -0.25) is 4.99 Å². The van der Waals surface area contributed by atoms with Crippen molar-refractivity contribution >= 4 is 23.3 Å². The standard InChI is InChI=1S/C11H15N3S/c12-7-9-3-1-2-4-10(9)14-11-8-15-6-5-13-11/h1-4H,5-8,12H2,(H,13,14). The normalized spacial score (nSPS) is 15.9. The maximum absolute atomic E-state index is 5.67. The largest absolute Gasteiger partial charge is 0.343 e. The molecule has 3 nitrogen and oxygen atoms in total. The van der Waals surface area contributed by atoms with Gasteiger partial charge in [0.05, 0.1) is 12.3 Å². The fourth-order valence-corrected chi connectivity index (χ4v) is 2.23. The summed E-state index contributed by atoms with van der Waals surface area (Å²) in [6.07, 6.45) is 0. The van der Waals surface area contributed by atoms with Gasteiger partial charge in [-0.1, -0.05) is 18.2 Å². The summed E-state index contributed by atoms with van der Waals surface area (Å²) < 4.78 is 0. The molecule has 1 aliphatic rings. The Morgan fingerprint density at radius 2 is 2.27 bits per heavy atom. The molecule has 4 heteroatoms. The van der Waals surface area contributed by atoms with E-state index in [0.29, 0.717) is 6.54 Å². The number of nitrogens with two attached hydrogens (primary N) is 1. The van der Waals surface area contributed by atoms with Crippen molar-refractivity contribution in [2.75, 3.05) is 23.4 Å². The zero-order chi connectivity index (χ0) is 10.5. The first-order valence-corrected chi connectivity index (χ1v) is 6.21. The van der Waals surface area contributed by atoms with Gasteiger partial charge in [0.25, 0.3) is 0 Å². The van der Waals surface area contributed by atoms with E-state index in [1.165, 1.54) is 0 Å². The van der Waals surface area contributed by atoms with Gasteiger partial charge in [0.15, 0.2) is 0 Å². The molecule has 0 atom stereocenters. The first kappa shape index (κ1) is 10.5. The minimum atomic E-state index is 0.559. The van der Waals surface area contributed by atoms with Crippen molar-refractivity contribution in [2.24, 2.45) is 10.7 Å². The fraction of sp³-hybridized carbons (Fsp3) is 0.364. The van der Waals surface area contributed by atoms with Crippen LogP contribution in [-0.2, 0) is 6.54 Å². The number of para-hydroxylation sites is 1. The van der Waals surface area contributed by atoms with Crippen LogP contribution in [0.2, 0.25) is 0 Å². The molecule has 3 N–H and O–H groups in total. The van der Waals surface area contributed by atoms with E-state index >= 15 is 0 Å². The molecule has 0 bridgehead atoms. The number of nitrogens with one attached hydrogen (secondary N) is 1. The van der Waals surface area contributed by atoms with Gasteiger partial charge in [0, 0.05) is 18.0 Å². The number of hydrogen-bond acceptors (Lipinski definition) is 4. The second-order valence-corrected chi connectivity index (χ2v) is 4.47. The van der Waals surface area contributed by atoms with E-state index in [1.807, 2.05) is 36.0 Å². The third-order valence-electron chi connectivity index (χ3n) is 2.29. The molecule has 0 spiro atoms. The molecule has 1 heterocycles. The van der Waals surface area contributed by atoms with Gasteiger partial charge in [-0.2, -0.15) is 11.8 Å². The second-order valence-electron chi connectivity index (χ2n) is 3.37. The highest BCUT2D eigenvalue weighted by atomic mass is 32.2. The third-order valence-corrected chi connectivity index (χ3v) is 3.24. The molecule has 0 aliphatic carbocycles. The Morgan fingerprint density at radius 3 is 3.00 bits per heavy atom. The lowest BCUT2D eigenvalue weighted by Crippen LogP contribution is -2.20. The van der Waals surface area contributed by atoms with Crippen molar-refractivity contribution in [1.82, 2.24) is 0 Å². The van der Waals surface area contributed by atoms with E-state index < -0.39 is 0 Å². The smallest absolute Gasteiger partial charge is 0.111 e. The third kappa shape index (κ3) is 2.73. The quantitative estimate of drug-likeness (QED) is 0.799. The number of hydrogen-bond donors (Lipinski definition) is 2. The molecule has 0 unspecified atom stereocenters. The highest BCUT2D eigenvalue weighted by molar-refractivity contribution is 8.00. The van der Waals surface area contributed by atoms with Crippen LogP contribution in [0.25, 0.3) is 0 Å². The maximum Gasteiger partial charge on any atom is 0.111 e. The predicted octanol–water partition coefficient (Wildman–Crippen LogP) is 1.70. The summed E-state index contributed by atoms with van der Waals surface area (Å²) in [4.78, 5) is 4.44. The molecule has 0 aromatic heterocycles. The molecule has 1 aromatic carbocycles. The van der Waals surface area contributed by atoms with Crippen LogP contribution in [0.15, 0.2) is 29.3 Å². The molecule has 80 valence electrons. The van der Waals surface area contributed by atoms with Crippen molar-refractivity contribution in [1.29, 1.82) is 0 Å². The van der Waals surface area contributed by atoms with Crippen LogP contribution >= 0.6 is 11.8 Å². The Kier molecular flexibility index (Phi) is 3.64. The van der Waals surface area contributed by atoms with Crippen molar-refractivity contribution in [2.45, 2.75) is 6.54 Å². The number of thioether (sulfide) groups is 1. The minimum Gasteiger partial charge on any atom is -0.343 e. The van der Waals surface area contributed by atoms with Crippen LogP contribution in [0, 0.1) is 0 Å². The Bertz CT molecular complexity index is 363. The van der Waals surface area contributed by atoms with Gasteiger partial charge < -0.3 is 11.1 Å². The molecule has 15 heavy (non-hydrogen) atoms. The molecular weight excluding hydrogens is 206 g/mol. The van der Waals surface area contributed by atoms with E-state index in [4.69, 9.17) is 5.73 Å². The van der Waals surface area contributed by atoms with Crippen LogP contribution in [0.5, 0.6) is 0 Å². The Balaban J connectivity index is 2.12. The number of aliphatic imine (C=N–C) groups is 1. The van der Waals surface area contributed by atoms with Crippen LogP contribution in [0.4, 0.5) is 5.69 Å². The van der Waals surface area contributed by atoms with Gasteiger partial charge in [0.2, 0.25) is 0 Å². The Labute approximate surface area is 94.2 Å². The van der Waals surface area contributed by atoms with E-state index in [9.17, 15) is 0 Å². The average molecular weight is 221 g/mol. The number of nitrogens with zero attached hydrogens (tertiary/aromatic N) is 1. The molecule has 0 fully saturated rings. The predicted molar refractivity (Wildman–Crippen MR) is 67.6 cm³/mol. The van der Waals surface area contributed by atoms with Crippen molar-refractivity contribution < 1.29 is 0 Å². The lowest BCUT2D eigenvalue weighted by molar-refractivity contribution is 1.07. The van der Waals surface area contributed by atoms with Crippen LogP contribution in [-0.4, -0.2) is 23.9 Å². The van der Waals surface area contributed by atoms with Gasteiger partial charge in [-0.15, -0.1) is 0 Å². The first-order chi connectivity index (χ1) is 7.40. The number of anilines is 1. The molecule has 1 aromatic rings. The molecule has 0 saturated heterocycles. The van der Waals surface area contributed by atoms with Gasteiger partial charge in [0.1, 0.15) is 5.84 Å². The summed E-state index contributed by atoms with van der Waals surface area (Å²) in [5, 5.41) is 3.35. The molecule has 0 radical (unpaired) electrons. The van der Waals surface area contributed by atoms with Crippen LogP contribution < -0.4 is 11.1 Å². The van der Waals surface area contributed by atoms with E-state index in [1.54, 1.807) is 0 Å². The summed E-state index contributed by atoms with van der Waals surface area (Å²) in [6.45, 7) is 1.47. The van der Waals surface area contributed by atoms with Crippen molar-refractivity contribution in [3.05, 3.63) is 29.8 Å². The van der Waals surface area contributed by atoms with Crippen LogP contribution in [0.3, 0.4) is 0 Å². The molecule has 2 rings (SSSR count). The van der Waals surface area contributed by atoms with Crippen molar-refractivity contribution in [3.8, 4) is 0 Å². The second kappa shape index (κ2) is 5.19. The zero-order valence-electron chi connectivity index (χ0n) is 8.57. The molecule has 1 aliphatic heterocycles. The van der Waals surface area contributed by atoms with Crippen LogP contribution in [0.1, 0.15) is 5.56 Å². The van der Waals surface area contributed by atoms with Gasteiger partial charge >= 0.3 is 0 Å². The fourth-order valence-electron chi connectivity index (χ4n) is 1.51. The first-order valence-electron chi connectivity index (χ1n) is 5.06. The average Bonchev–Trinajstić information content (AvgIpc) is 2.31. The van der Waals surface area contributed by atoms with E-state index in [0.717, 1.165) is 35.1 Å². The molecule has 0 amide bonds. The number of benzene rings is 1. The number of amidine groups is 1. The summed E-state index contributed by atoms with van der Waals surface area (Å²) in [7, 11) is 0. The number of rotatable bonds is 2. The molecular formula is C11H15N3S. The Hall–Kier alpha value is -1.000. The zero-order valence-corrected chi connectivity index (χ0v) is 9.39. The van der Waals surface area contributed by atoms with E-state index in [2.05, 4.69) is 10.3 Å². The van der Waals surface area contributed by atoms with Gasteiger partial charge in [-0.05, 0) is 11.6 Å². The summed E-state index contributed by atoms with van der Waals surface area (Å²) in [5.74, 6) is 3.16. The highest BCUT2D eigenvalue weighted by Crippen LogP contribution is 2.16. The highest BCUT2D eigenvalue weighted by Gasteiger charge is 2.07. The topological polar surface area (TPSA) is 50.4 Å². The lowest BCUT2D eigenvalue weighted by Gasteiger charge is -2.15.